The van der Waals surface area contributed by atoms with Crippen LogP contribution in [0.1, 0.15) is 13.3 Å². The van der Waals surface area contributed by atoms with Gasteiger partial charge in [0.05, 0.1) is 13.2 Å². The van der Waals surface area contributed by atoms with Crippen molar-refractivity contribution in [2.75, 3.05) is 13.2 Å². The summed E-state index contributed by atoms with van der Waals surface area (Å²) < 4.78 is 5.24. The minimum Gasteiger partial charge on any atom is -0.381 e. The van der Waals surface area contributed by atoms with Crippen LogP contribution in [0.5, 0.6) is 0 Å². The minimum absolute atomic E-state index is 0.972. The molecule has 1 aliphatic carbocycles. The van der Waals surface area contributed by atoms with Gasteiger partial charge in [0.15, 0.2) is 0 Å². The van der Waals surface area contributed by atoms with Gasteiger partial charge in [0, 0.05) is 0 Å². The first-order chi connectivity index (χ1) is 3.93. The predicted molar refractivity (Wildman–Crippen MR) is 31.6 cm³/mol. The zero-order valence-electron chi connectivity index (χ0n) is 5.26. The van der Waals surface area contributed by atoms with Gasteiger partial charge in [-0.3, -0.25) is 0 Å². The standard InChI is InChI=1S/C7H12O/c1-2-5-6-3-8-4-7(5)6/h5-7H,2-4H2,1H3/t5-,6-,7+. The second kappa shape index (κ2) is 1.47. The molecule has 3 atom stereocenters. The lowest BCUT2D eigenvalue weighted by Crippen LogP contribution is -1.95. The van der Waals surface area contributed by atoms with E-state index in [-0.39, 0.29) is 0 Å². The molecule has 1 saturated heterocycles. The summed E-state index contributed by atoms with van der Waals surface area (Å²) in [4.78, 5) is 0. The van der Waals surface area contributed by atoms with Gasteiger partial charge in [-0.15, -0.1) is 0 Å². The minimum atomic E-state index is 0.972. The molecule has 46 valence electrons. The van der Waals surface area contributed by atoms with E-state index in [0.717, 1.165) is 31.0 Å². The van der Waals surface area contributed by atoms with Crippen molar-refractivity contribution in [2.24, 2.45) is 17.8 Å². The van der Waals surface area contributed by atoms with Crippen molar-refractivity contribution in [2.45, 2.75) is 13.3 Å². The van der Waals surface area contributed by atoms with E-state index in [1.54, 1.807) is 0 Å². The van der Waals surface area contributed by atoms with E-state index >= 15 is 0 Å². The quantitative estimate of drug-likeness (QED) is 0.496. The van der Waals surface area contributed by atoms with Crippen LogP contribution < -0.4 is 0 Å². The van der Waals surface area contributed by atoms with Crippen LogP contribution >= 0.6 is 0 Å². The Balaban J connectivity index is 1.94. The molecule has 8 heavy (non-hydrogen) atoms. The Hall–Kier alpha value is -0.0400. The first kappa shape index (κ1) is 4.80. The summed E-state index contributed by atoms with van der Waals surface area (Å²) in [6.45, 7) is 4.40. The summed E-state index contributed by atoms with van der Waals surface area (Å²) in [6.07, 6.45) is 1.37. The number of ether oxygens (including phenoxy) is 1. The van der Waals surface area contributed by atoms with Crippen molar-refractivity contribution < 1.29 is 4.74 Å². The fourth-order valence-electron chi connectivity index (χ4n) is 1.96. The molecule has 2 rings (SSSR count). The Bertz CT molecular complexity index is 83.8. The number of hydrogen-bond donors (Lipinski definition) is 0. The summed E-state index contributed by atoms with van der Waals surface area (Å²) >= 11 is 0. The molecule has 0 amide bonds. The fraction of sp³-hybridized carbons (Fsp3) is 1.00. The maximum atomic E-state index is 5.24. The second-order valence-corrected chi connectivity index (χ2v) is 2.94. The number of fused-ring (bicyclic) bond motifs is 1. The van der Waals surface area contributed by atoms with E-state index in [1.165, 1.54) is 6.42 Å². The molecule has 0 unspecified atom stereocenters. The molecule has 0 spiro atoms. The largest absolute Gasteiger partial charge is 0.381 e. The Morgan fingerprint density at radius 1 is 1.38 bits per heavy atom. The lowest BCUT2D eigenvalue weighted by Gasteiger charge is -1.97. The van der Waals surface area contributed by atoms with E-state index in [2.05, 4.69) is 6.92 Å². The lowest BCUT2D eigenvalue weighted by atomic mass is 10.2. The van der Waals surface area contributed by atoms with E-state index in [9.17, 15) is 0 Å². The van der Waals surface area contributed by atoms with Crippen molar-refractivity contribution in [3.05, 3.63) is 0 Å². The molecule has 1 heterocycles. The van der Waals surface area contributed by atoms with Gasteiger partial charge in [-0.2, -0.15) is 0 Å². The molecule has 0 N–H and O–H groups in total. The molecule has 0 bridgehead atoms. The maximum Gasteiger partial charge on any atom is 0.0500 e. The van der Waals surface area contributed by atoms with Crippen LogP contribution in [-0.4, -0.2) is 13.2 Å². The van der Waals surface area contributed by atoms with Crippen LogP contribution in [0.2, 0.25) is 0 Å². The molecule has 1 saturated carbocycles. The summed E-state index contributed by atoms with van der Waals surface area (Å²) in [6, 6.07) is 0. The third kappa shape index (κ3) is 0.455. The molecule has 1 aliphatic heterocycles. The summed E-state index contributed by atoms with van der Waals surface area (Å²) in [5.41, 5.74) is 0. The van der Waals surface area contributed by atoms with Crippen LogP contribution in [0.25, 0.3) is 0 Å². The molecule has 2 fully saturated rings. The molecule has 1 nitrogen and oxygen atoms in total. The molecule has 0 radical (unpaired) electrons. The zero-order valence-corrected chi connectivity index (χ0v) is 5.26. The van der Waals surface area contributed by atoms with Gasteiger partial charge in [-0.1, -0.05) is 13.3 Å². The van der Waals surface area contributed by atoms with E-state index < -0.39 is 0 Å². The molecule has 1 heteroatoms. The van der Waals surface area contributed by atoms with Crippen LogP contribution in [0.4, 0.5) is 0 Å². The highest BCUT2D eigenvalue weighted by Gasteiger charge is 2.52. The van der Waals surface area contributed by atoms with Crippen molar-refractivity contribution in [3.8, 4) is 0 Å². The van der Waals surface area contributed by atoms with Gasteiger partial charge in [0.25, 0.3) is 0 Å². The molecule has 2 aliphatic rings. The van der Waals surface area contributed by atoms with Crippen LogP contribution in [0.15, 0.2) is 0 Å². The third-order valence-corrected chi connectivity index (χ3v) is 2.60. The number of rotatable bonds is 1. The highest BCUT2D eigenvalue weighted by molar-refractivity contribution is 4.99. The van der Waals surface area contributed by atoms with Gasteiger partial charge in [0.2, 0.25) is 0 Å². The molecular weight excluding hydrogens is 100 g/mol. The van der Waals surface area contributed by atoms with Crippen molar-refractivity contribution in [1.29, 1.82) is 0 Å². The second-order valence-electron chi connectivity index (χ2n) is 2.94. The smallest absolute Gasteiger partial charge is 0.0500 e. The Morgan fingerprint density at radius 2 is 2.00 bits per heavy atom. The van der Waals surface area contributed by atoms with Gasteiger partial charge < -0.3 is 4.74 Å². The summed E-state index contributed by atoms with van der Waals surface area (Å²) in [5, 5.41) is 0. The topological polar surface area (TPSA) is 9.23 Å². The Morgan fingerprint density at radius 3 is 2.38 bits per heavy atom. The first-order valence-electron chi connectivity index (χ1n) is 3.51. The first-order valence-corrected chi connectivity index (χ1v) is 3.51. The third-order valence-electron chi connectivity index (χ3n) is 2.60. The van der Waals surface area contributed by atoms with Crippen LogP contribution in [0, 0.1) is 17.8 Å². The highest BCUT2D eigenvalue weighted by Crippen LogP contribution is 2.52. The number of hydrogen-bond acceptors (Lipinski definition) is 1. The van der Waals surface area contributed by atoms with Gasteiger partial charge in [-0.05, 0) is 17.8 Å². The van der Waals surface area contributed by atoms with Gasteiger partial charge >= 0.3 is 0 Å². The maximum absolute atomic E-state index is 5.24. The Kier molecular flexibility index (Phi) is 0.884. The average molecular weight is 112 g/mol. The lowest BCUT2D eigenvalue weighted by molar-refractivity contribution is 0.150. The molecule has 0 aromatic carbocycles. The van der Waals surface area contributed by atoms with Gasteiger partial charge in [0.1, 0.15) is 0 Å². The van der Waals surface area contributed by atoms with Crippen molar-refractivity contribution in [1.82, 2.24) is 0 Å². The van der Waals surface area contributed by atoms with E-state index in [1.807, 2.05) is 0 Å². The highest BCUT2D eigenvalue weighted by atomic mass is 16.5. The van der Waals surface area contributed by atoms with Crippen LogP contribution in [0.3, 0.4) is 0 Å². The van der Waals surface area contributed by atoms with Crippen molar-refractivity contribution >= 4 is 0 Å². The molecule has 0 aromatic rings. The fourth-order valence-corrected chi connectivity index (χ4v) is 1.96. The van der Waals surface area contributed by atoms with Crippen molar-refractivity contribution in [3.63, 3.8) is 0 Å². The molecular formula is C7H12O. The normalized spacial score (nSPS) is 51.4. The summed E-state index contributed by atoms with van der Waals surface area (Å²) in [7, 11) is 0. The monoisotopic (exact) mass is 112 g/mol. The predicted octanol–water partition coefficient (Wildman–Crippen LogP) is 1.29. The van der Waals surface area contributed by atoms with Crippen LogP contribution in [-0.2, 0) is 4.74 Å². The Labute approximate surface area is 50.0 Å². The van der Waals surface area contributed by atoms with E-state index in [4.69, 9.17) is 4.74 Å². The zero-order chi connectivity index (χ0) is 5.56. The van der Waals surface area contributed by atoms with E-state index in [0.29, 0.717) is 0 Å². The SMILES string of the molecule is CC[C@@H]1[C@H]2COC[C@@H]12. The van der Waals surface area contributed by atoms with Gasteiger partial charge in [-0.25, -0.2) is 0 Å². The summed E-state index contributed by atoms with van der Waals surface area (Å²) in [5.74, 6) is 2.99. The molecule has 0 aromatic heterocycles. The average Bonchev–Trinajstić information content (AvgIpc) is 2.22.